The molecule has 0 saturated carbocycles. The molecule has 0 bridgehead atoms. The summed E-state index contributed by atoms with van der Waals surface area (Å²) in [6.07, 6.45) is 5.86. The van der Waals surface area contributed by atoms with Crippen LogP contribution in [0.2, 0.25) is 0 Å². The highest BCUT2D eigenvalue weighted by Gasteiger charge is 2.38. The molecule has 1 fully saturated rings. The van der Waals surface area contributed by atoms with E-state index in [0.717, 1.165) is 18.9 Å². The van der Waals surface area contributed by atoms with Gasteiger partial charge in [0.05, 0.1) is 0 Å². The van der Waals surface area contributed by atoms with E-state index in [9.17, 15) is 0 Å². The number of fused-ring (bicyclic) bond motifs is 2. The number of hydrogen-bond acceptors (Lipinski definition) is 2. The number of aromatic amines is 1. The fourth-order valence-corrected chi connectivity index (χ4v) is 4.50. The predicted octanol–water partition coefficient (Wildman–Crippen LogP) is 2.48. The lowest BCUT2D eigenvalue weighted by molar-refractivity contribution is 0.109. The van der Waals surface area contributed by atoms with E-state index >= 15 is 0 Å². The van der Waals surface area contributed by atoms with Crippen molar-refractivity contribution >= 4 is 10.9 Å². The number of nitrogens with one attached hydrogen (secondary N) is 1. The second kappa shape index (κ2) is 4.61. The van der Waals surface area contributed by atoms with Crippen molar-refractivity contribution in [2.24, 2.45) is 11.7 Å². The Hall–Kier alpha value is -1.32. The van der Waals surface area contributed by atoms with Gasteiger partial charge >= 0.3 is 0 Å². The summed E-state index contributed by atoms with van der Waals surface area (Å²) in [5.41, 5.74) is 10.2. The number of hydrogen-bond donors (Lipinski definition) is 2. The maximum absolute atomic E-state index is 5.79. The van der Waals surface area contributed by atoms with Gasteiger partial charge in [0.2, 0.25) is 0 Å². The molecule has 2 aliphatic rings. The van der Waals surface area contributed by atoms with Crippen LogP contribution in [0.15, 0.2) is 24.4 Å². The fraction of sp³-hybridized carbons (Fsp3) is 0.529. The highest BCUT2D eigenvalue weighted by atomic mass is 15.1. The molecule has 2 aromatic rings. The summed E-state index contributed by atoms with van der Waals surface area (Å²) >= 11 is 0. The van der Waals surface area contributed by atoms with Crippen molar-refractivity contribution in [2.75, 3.05) is 20.1 Å². The van der Waals surface area contributed by atoms with Gasteiger partial charge in [-0.2, -0.15) is 0 Å². The third kappa shape index (κ3) is 1.73. The van der Waals surface area contributed by atoms with Crippen LogP contribution in [-0.4, -0.2) is 36.1 Å². The molecule has 106 valence electrons. The Morgan fingerprint density at radius 3 is 3.15 bits per heavy atom. The van der Waals surface area contributed by atoms with Crippen LogP contribution in [0.25, 0.3) is 10.9 Å². The number of nitrogens with zero attached hydrogens (tertiary/aromatic N) is 1. The Morgan fingerprint density at radius 2 is 2.30 bits per heavy atom. The summed E-state index contributed by atoms with van der Waals surface area (Å²) in [6, 6.07) is 7.41. The van der Waals surface area contributed by atoms with E-state index in [-0.39, 0.29) is 0 Å². The monoisotopic (exact) mass is 269 g/mol. The quantitative estimate of drug-likeness (QED) is 0.879. The minimum atomic E-state index is 0.665. The second-order valence-electron chi connectivity index (χ2n) is 6.58. The number of nitrogens with two attached hydrogens (primary N) is 1. The van der Waals surface area contributed by atoms with Gasteiger partial charge < -0.3 is 15.6 Å². The van der Waals surface area contributed by atoms with E-state index in [1.165, 1.54) is 35.9 Å². The maximum atomic E-state index is 5.79. The van der Waals surface area contributed by atoms with Crippen LogP contribution in [-0.2, 0) is 6.42 Å². The van der Waals surface area contributed by atoms with Crippen LogP contribution < -0.4 is 5.73 Å². The van der Waals surface area contributed by atoms with E-state index in [0.29, 0.717) is 12.0 Å². The number of likely N-dealkylation sites (N-methyl/N-ethyl adjacent to an activating group) is 1. The van der Waals surface area contributed by atoms with Gasteiger partial charge in [0, 0.05) is 35.6 Å². The van der Waals surface area contributed by atoms with Gasteiger partial charge in [0.25, 0.3) is 0 Å². The molecule has 3 nitrogen and oxygen atoms in total. The molecule has 3 N–H and O–H groups in total. The molecule has 0 radical (unpaired) electrons. The third-order valence-electron chi connectivity index (χ3n) is 5.39. The normalized spacial score (nSPS) is 29.6. The summed E-state index contributed by atoms with van der Waals surface area (Å²) < 4.78 is 0. The molecule has 1 aliphatic heterocycles. The molecule has 1 aliphatic carbocycles. The van der Waals surface area contributed by atoms with E-state index < -0.39 is 0 Å². The molecule has 1 aromatic carbocycles. The largest absolute Gasteiger partial charge is 0.361 e. The third-order valence-corrected chi connectivity index (χ3v) is 5.39. The number of aromatic nitrogens is 1. The minimum absolute atomic E-state index is 0.665. The molecular formula is C17H23N3. The van der Waals surface area contributed by atoms with Crippen molar-refractivity contribution in [3.05, 3.63) is 35.5 Å². The van der Waals surface area contributed by atoms with Gasteiger partial charge in [-0.15, -0.1) is 0 Å². The smallest absolute Gasteiger partial charge is 0.0459 e. The standard InChI is InChI=1S/C17H23N3/c1-20-10-11(5-6-18)7-14-13-3-2-4-15-17(13)12(9-19-15)8-16(14)20/h2-4,9,11,14,16,19H,5-8,10,18H2,1H3/t11?,14-,16-/m1/s1. The fourth-order valence-electron chi connectivity index (χ4n) is 4.50. The number of H-pyrrole nitrogens is 1. The van der Waals surface area contributed by atoms with Crippen LogP contribution in [0.3, 0.4) is 0 Å². The first-order valence-electron chi connectivity index (χ1n) is 7.77. The molecule has 2 heterocycles. The molecule has 0 amide bonds. The van der Waals surface area contributed by atoms with Crippen LogP contribution in [0, 0.1) is 5.92 Å². The number of benzene rings is 1. The Labute approximate surface area is 120 Å². The lowest BCUT2D eigenvalue weighted by Gasteiger charge is -2.45. The van der Waals surface area contributed by atoms with Gasteiger partial charge in [-0.25, -0.2) is 0 Å². The molecule has 20 heavy (non-hydrogen) atoms. The zero-order chi connectivity index (χ0) is 13.7. The Bertz CT molecular complexity index is 630. The molecule has 1 saturated heterocycles. The minimum Gasteiger partial charge on any atom is -0.361 e. The van der Waals surface area contributed by atoms with Gasteiger partial charge in [-0.05, 0) is 56.0 Å². The summed E-state index contributed by atoms with van der Waals surface area (Å²) in [7, 11) is 2.29. The zero-order valence-electron chi connectivity index (χ0n) is 12.1. The second-order valence-corrected chi connectivity index (χ2v) is 6.58. The molecular weight excluding hydrogens is 246 g/mol. The zero-order valence-corrected chi connectivity index (χ0v) is 12.1. The van der Waals surface area contributed by atoms with Crippen molar-refractivity contribution in [2.45, 2.75) is 31.2 Å². The SMILES string of the molecule is CN1CC(CCN)C[C@@H]2c3cccc4[nH]cc(c34)C[C@H]21. The van der Waals surface area contributed by atoms with Gasteiger partial charge in [-0.3, -0.25) is 0 Å². The molecule has 1 aromatic heterocycles. The maximum Gasteiger partial charge on any atom is 0.0459 e. The summed E-state index contributed by atoms with van der Waals surface area (Å²) in [5, 5.41) is 1.50. The number of piperidine rings is 1. The summed E-state index contributed by atoms with van der Waals surface area (Å²) in [5.74, 6) is 1.43. The summed E-state index contributed by atoms with van der Waals surface area (Å²) in [6.45, 7) is 2.02. The molecule has 1 unspecified atom stereocenters. The number of rotatable bonds is 2. The van der Waals surface area contributed by atoms with Crippen molar-refractivity contribution in [1.82, 2.24) is 9.88 Å². The van der Waals surface area contributed by atoms with Crippen LogP contribution in [0.1, 0.15) is 29.9 Å². The average Bonchev–Trinajstić information content (AvgIpc) is 2.86. The molecule has 4 rings (SSSR count). The highest BCUT2D eigenvalue weighted by molar-refractivity contribution is 5.88. The van der Waals surface area contributed by atoms with Crippen LogP contribution >= 0.6 is 0 Å². The van der Waals surface area contributed by atoms with Gasteiger partial charge in [0.1, 0.15) is 0 Å². The molecule has 3 heteroatoms. The topological polar surface area (TPSA) is 45.0 Å². The highest BCUT2D eigenvalue weighted by Crippen LogP contribution is 2.44. The molecule has 3 atom stereocenters. The van der Waals surface area contributed by atoms with E-state index in [1.54, 1.807) is 5.56 Å². The number of likely N-dealkylation sites (tertiary alicyclic amines) is 1. The van der Waals surface area contributed by atoms with Gasteiger partial charge in [0.15, 0.2) is 0 Å². The first-order chi connectivity index (χ1) is 9.78. The predicted molar refractivity (Wildman–Crippen MR) is 82.9 cm³/mol. The van der Waals surface area contributed by atoms with E-state index in [4.69, 9.17) is 5.73 Å². The van der Waals surface area contributed by atoms with Gasteiger partial charge in [-0.1, -0.05) is 12.1 Å². The summed E-state index contributed by atoms with van der Waals surface area (Å²) in [4.78, 5) is 6.01. The van der Waals surface area contributed by atoms with E-state index in [1.807, 2.05) is 0 Å². The van der Waals surface area contributed by atoms with Crippen molar-refractivity contribution < 1.29 is 0 Å². The average molecular weight is 269 g/mol. The lowest BCUT2D eigenvalue weighted by atomic mass is 9.72. The first-order valence-corrected chi connectivity index (χ1v) is 7.77. The lowest BCUT2D eigenvalue weighted by Crippen LogP contribution is -2.48. The van der Waals surface area contributed by atoms with Crippen LogP contribution in [0.4, 0.5) is 0 Å². The van der Waals surface area contributed by atoms with Crippen molar-refractivity contribution in [3.63, 3.8) is 0 Å². The van der Waals surface area contributed by atoms with Crippen LogP contribution in [0.5, 0.6) is 0 Å². The Balaban J connectivity index is 1.79. The Kier molecular flexibility index (Phi) is 2.86. The van der Waals surface area contributed by atoms with Crippen molar-refractivity contribution in [3.8, 4) is 0 Å². The molecule has 0 spiro atoms. The first kappa shape index (κ1) is 12.4. The Morgan fingerprint density at radius 1 is 1.40 bits per heavy atom. The van der Waals surface area contributed by atoms with Crippen molar-refractivity contribution in [1.29, 1.82) is 0 Å². The van der Waals surface area contributed by atoms with E-state index in [2.05, 4.69) is 41.3 Å².